The van der Waals surface area contributed by atoms with Gasteiger partial charge in [0.2, 0.25) is 5.06 Å². The van der Waals surface area contributed by atoms with Crippen molar-refractivity contribution >= 4 is 16.5 Å². The van der Waals surface area contributed by atoms with Crippen molar-refractivity contribution in [1.29, 1.82) is 5.26 Å². The van der Waals surface area contributed by atoms with Crippen LogP contribution in [0.2, 0.25) is 0 Å². The number of hydrogen-bond donors (Lipinski definition) is 1. The molecule has 0 radical (unpaired) electrons. The van der Waals surface area contributed by atoms with Gasteiger partial charge in [-0.05, 0) is 0 Å². The first-order valence-electron chi connectivity index (χ1n) is 4.02. The summed E-state index contributed by atoms with van der Waals surface area (Å²) in [6.07, 6.45) is 4.52. The zero-order valence-corrected chi connectivity index (χ0v) is 8.36. The van der Waals surface area contributed by atoms with E-state index in [0.717, 1.165) is 0 Å². The number of nitriles is 1. The molecule has 6 heteroatoms. The molecular weight excluding hydrogens is 212 g/mol. The van der Waals surface area contributed by atoms with Crippen molar-refractivity contribution in [2.45, 2.75) is 0 Å². The molecule has 2 N–H and O–H groups in total. The number of hydrogen-bond acceptors (Lipinski definition) is 6. The second-order valence-electron chi connectivity index (χ2n) is 2.64. The lowest BCUT2D eigenvalue weighted by Gasteiger charge is -2.00. The maximum atomic E-state index is 8.66. The first kappa shape index (κ1) is 9.43. The molecule has 0 atom stereocenters. The van der Waals surface area contributed by atoms with Gasteiger partial charge in [-0.15, -0.1) is 0 Å². The van der Waals surface area contributed by atoms with Gasteiger partial charge in [-0.1, -0.05) is 11.3 Å². The highest BCUT2D eigenvalue weighted by Crippen LogP contribution is 2.28. The summed E-state index contributed by atoms with van der Waals surface area (Å²) in [4.78, 5) is 7.71. The molecule has 0 unspecified atom stereocenters. The highest BCUT2D eigenvalue weighted by Gasteiger charge is 2.02. The van der Waals surface area contributed by atoms with Gasteiger partial charge >= 0.3 is 0 Å². The molecule has 5 nitrogen and oxygen atoms in total. The standard InChI is InChI=1S/C9H6N4OS/c10-2-6-1-7(4-12-3-6)14-8-5-13-9(11)15-8/h1,3-5H,(H2,11,13). The minimum Gasteiger partial charge on any atom is -0.443 e. The summed E-state index contributed by atoms with van der Waals surface area (Å²) >= 11 is 1.23. The predicted octanol–water partition coefficient (Wildman–Crippen LogP) is 1.78. The van der Waals surface area contributed by atoms with Gasteiger partial charge in [0.15, 0.2) is 5.13 Å². The van der Waals surface area contributed by atoms with Crippen LogP contribution in [0.25, 0.3) is 0 Å². The average Bonchev–Trinajstić information content (AvgIpc) is 2.64. The molecule has 0 bridgehead atoms. The minimum atomic E-state index is 0.439. The summed E-state index contributed by atoms with van der Waals surface area (Å²) in [5.74, 6) is 0.498. The van der Waals surface area contributed by atoms with E-state index in [0.29, 0.717) is 21.5 Å². The summed E-state index contributed by atoms with van der Waals surface area (Å²) in [6, 6.07) is 3.58. The van der Waals surface area contributed by atoms with Crippen LogP contribution in [-0.2, 0) is 0 Å². The Labute approximate surface area is 89.8 Å². The molecule has 0 saturated carbocycles. The van der Waals surface area contributed by atoms with Gasteiger partial charge < -0.3 is 10.5 Å². The van der Waals surface area contributed by atoms with E-state index in [9.17, 15) is 0 Å². The fourth-order valence-electron chi connectivity index (χ4n) is 0.971. The van der Waals surface area contributed by atoms with E-state index >= 15 is 0 Å². The third kappa shape index (κ3) is 2.21. The summed E-state index contributed by atoms with van der Waals surface area (Å²) in [7, 11) is 0. The van der Waals surface area contributed by atoms with Gasteiger partial charge in [-0.3, -0.25) is 4.98 Å². The number of nitrogens with two attached hydrogens (primary N) is 1. The Morgan fingerprint density at radius 3 is 2.93 bits per heavy atom. The highest BCUT2D eigenvalue weighted by atomic mass is 32.1. The van der Waals surface area contributed by atoms with Crippen molar-refractivity contribution in [2.24, 2.45) is 0 Å². The fraction of sp³-hybridized carbons (Fsp3) is 0. The summed E-state index contributed by atoms with van der Waals surface area (Å²) in [5, 5.41) is 9.67. The number of thiazole rings is 1. The largest absolute Gasteiger partial charge is 0.443 e. The fourth-order valence-corrected chi connectivity index (χ4v) is 1.53. The number of anilines is 1. The molecule has 2 aromatic rings. The average molecular weight is 218 g/mol. The maximum absolute atomic E-state index is 8.66. The Morgan fingerprint density at radius 2 is 2.27 bits per heavy atom. The number of pyridine rings is 1. The molecule has 74 valence electrons. The number of nitrogen functional groups attached to an aromatic ring is 1. The van der Waals surface area contributed by atoms with Crippen LogP contribution in [0, 0.1) is 11.3 Å². The van der Waals surface area contributed by atoms with Crippen molar-refractivity contribution in [2.75, 3.05) is 5.73 Å². The van der Waals surface area contributed by atoms with Crippen LogP contribution >= 0.6 is 11.3 Å². The smallest absolute Gasteiger partial charge is 0.202 e. The number of nitrogens with zero attached hydrogens (tertiary/aromatic N) is 3. The third-order valence-electron chi connectivity index (χ3n) is 1.56. The van der Waals surface area contributed by atoms with Gasteiger partial charge in [0.1, 0.15) is 11.8 Å². The first-order valence-corrected chi connectivity index (χ1v) is 4.84. The molecule has 0 aliphatic rings. The number of rotatable bonds is 2. The Morgan fingerprint density at radius 1 is 1.40 bits per heavy atom. The monoisotopic (exact) mass is 218 g/mol. The van der Waals surface area contributed by atoms with Gasteiger partial charge in [0.05, 0.1) is 18.0 Å². The molecule has 2 aromatic heterocycles. The molecule has 2 rings (SSSR count). The van der Waals surface area contributed by atoms with Crippen LogP contribution in [-0.4, -0.2) is 9.97 Å². The van der Waals surface area contributed by atoms with Crippen LogP contribution in [0.3, 0.4) is 0 Å². The zero-order valence-electron chi connectivity index (χ0n) is 7.54. The zero-order chi connectivity index (χ0) is 10.7. The van der Waals surface area contributed by atoms with Crippen LogP contribution < -0.4 is 10.5 Å². The van der Waals surface area contributed by atoms with E-state index in [1.807, 2.05) is 6.07 Å². The van der Waals surface area contributed by atoms with Gasteiger partial charge in [0, 0.05) is 12.3 Å². The van der Waals surface area contributed by atoms with E-state index in [1.54, 1.807) is 6.07 Å². The lowest BCUT2D eigenvalue weighted by atomic mass is 10.3. The first-order chi connectivity index (χ1) is 7.28. The molecule has 0 fully saturated rings. The van der Waals surface area contributed by atoms with E-state index in [2.05, 4.69) is 9.97 Å². The Balaban J connectivity index is 2.21. The van der Waals surface area contributed by atoms with Crippen molar-refractivity contribution in [3.05, 3.63) is 30.2 Å². The van der Waals surface area contributed by atoms with Crippen molar-refractivity contribution < 1.29 is 4.74 Å². The second-order valence-corrected chi connectivity index (χ2v) is 3.67. The summed E-state index contributed by atoms with van der Waals surface area (Å²) < 4.78 is 5.40. The molecular formula is C9H6N4OS. The van der Waals surface area contributed by atoms with Crippen LogP contribution in [0.1, 0.15) is 5.56 Å². The van der Waals surface area contributed by atoms with Crippen LogP contribution in [0.4, 0.5) is 5.13 Å². The Hall–Kier alpha value is -2.13. The normalized spacial score (nSPS) is 9.53. The summed E-state index contributed by atoms with van der Waals surface area (Å²) in [5.41, 5.74) is 5.90. The van der Waals surface area contributed by atoms with Gasteiger partial charge in [0.25, 0.3) is 0 Å². The van der Waals surface area contributed by atoms with Crippen molar-refractivity contribution in [3.63, 3.8) is 0 Å². The predicted molar refractivity (Wildman–Crippen MR) is 55.6 cm³/mol. The second kappa shape index (κ2) is 3.94. The Kier molecular flexibility index (Phi) is 2.48. The molecule has 0 aliphatic heterocycles. The van der Waals surface area contributed by atoms with Crippen LogP contribution in [0.15, 0.2) is 24.7 Å². The van der Waals surface area contributed by atoms with Crippen LogP contribution in [0.5, 0.6) is 10.8 Å². The molecule has 2 heterocycles. The SMILES string of the molecule is N#Cc1cncc(Oc2cnc(N)s2)c1. The highest BCUT2D eigenvalue weighted by molar-refractivity contribution is 7.17. The van der Waals surface area contributed by atoms with Crippen molar-refractivity contribution in [3.8, 4) is 16.9 Å². The minimum absolute atomic E-state index is 0.439. The molecule has 0 saturated heterocycles. The Bertz CT molecular complexity index is 517. The quantitative estimate of drug-likeness (QED) is 0.830. The van der Waals surface area contributed by atoms with E-state index in [-0.39, 0.29) is 0 Å². The lowest BCUT2D eigenvalue weighted by Crippen LogP contribution is -1.84. The molecule has 0 spiro atoms. The van der Waals surface area contributed by atoms with Crippen molar-refractivity contribution in [1.82, 2.24) is 9.97 Å². The molecule has 15 heavy (non-hydrogen) atoms. The lowest BCUT2D eigenvalue weighted by molar-refractivity contribution is 0.492. The third-order valence-corrected chi connectivity index (χ3v) is 2.27. The van der Waals surface area contributed by atoms with Gasteiger partial charge in [-0.25, -0.2) is 4.98 Å². The molecule has 0 aliphatic carbocycles. The van der Waals surface area contributed by atoms with E-state index in [4.69, 9.17) is 15.7 Å². The summed E-state index contributed by atoms with van der Waals surface area (Å²) in [6.45, 7) is 0. The van der Waals surface area contributed by atoms with E-state index < -0.39 is 0 Å². The topological polar surface area (TPSA) is 84.8 Å². The number of aromatic nitrogens is 2. The molecule has 0 aromatic carbocycles. The van der Waals surface area contributed by atoms with E-state index in [1.165, 1.54) is 29.9 Å². The molecule has 0 amide bonds. The van der Waals surface area contributed by atoms with Gasteiger partial charge in [-0.2, -0.15) is 5.26 Å². The number of ether oxygens (including phenoxy) is 1. The maximum Gasteiger partial charge on any atom is 0.202 e.